The Morgan fingerprint density at radius 3 is 2.84 bits per heavy atom. The van der Waals surface area contributed by atoms with Gasteiger partial charge in [0.05, 0.1) is 5.69 Å². The van der Waals surface area contributed by atoms with Crippen molar-refractivity contribution in [2.45, 2.75) is 6.10 Å². The van der Waals surface area contributed by atoms with Gasteiger partial charge in [-0.05, 0) is 40.2 Å². The molecule has 0 spiro atoms. The number of aliphatic hydroxyl groups excluding tert-OH is 1. The van der Waals surface area contributed by atoms with Gasteiger partial charge in [-0.25, -0.2) is 4.39 Å². The SMILES string of the molecule is OC(c1cc2cccc(F)c2o1)c1ncccc1Br. The highest BCUT2D eigenvalue weighted by molar-refractivity contribution is 9.10. The lowest BCUT2D eigenvalue weighted by Crippen LogP contribution is -2.01. The van der Waals surface area contributed by atoms with Crippen molar-refractivity contribution in [3.8, 4) is 0 Å². The van der Waals surface area contributed by atoms with E-state index in [-0.39, 0.29) is 11.3 Å². The maximum Gasteiger partial charge on any atom is 0.170 e. The molecule has 0 saturated heterocycles. The predicted octanol–water partition coefficient (Wildman–Crippen LogP) is 3.81. The van der Waals surface area contributed by atoms with E-state index < -0.39 is 11.9 Å². The lowest BCUT2D eigenvalue weighted by molar-refractivity contribution is 0.186. The number of aliphatic hydroxyl groups is 1. The molecule has 19 heavy (non-hydrogen) atoms. The molecular weight excluding hydrogens is 313 g/mol. The molecule has 0 bridgehead atoms. The van der Waals surface area contributed by atoms with Crippen LogP contribution in [0.2, 0.25) is 0 Å². The second kappa shape index (κ2) is 4.75. The van der Waals surface area contributed by atoms with Crippen molar-refractivity contribution in [3.05, 3.63) is 64.3 Å². The maximum atomic E-state index is 13.5. The van der Waals surface area contributed by atoms with Gasteiger partial charge in [0.15, 0.2) is 17.5 Å². The molecule has 0 aliphatic carbocycles. The molecule has 0 amide bonds. The molecule has 5 heteroatoms. The van der Waals surface area contributed by atoms with E-state index in [1.54, 1.807) is 36.5 Å². The highest BCUT2D eigenvalue weighted by Crippen LogP contribution is 2.31. The molecule has 3 aromatic rings. The quantitative estimate of drug-likeness (QED) is 0.780. The number of fused-ring (bicyclic) bond motifs is 1. The lowest BCUT2D eigenvalue weighted by atomic mass is 10.1. The molecule has 0 aliphatic rings. The number of halogens is 2. The first-order valence-corrected chi connectivity index (χ1v) is 6.42. The Balaban J connectivity index is 2.10. The van der Waals surface area contributed by atoms with Crippen LogP contribution in [0, 0.1) is 5.82 Å². The molecule has 1 aromatic carbocycles. The molecule has 3 nitrogen and oxygen atoms in total. The Morgan fingerprint density at radius 2 is 2.11 bits per heavy atom. The predicted molar refractivity (Wildman–Crippen MR) is 72.2 cm³/mol. The van der Waals surface area contributed by atoms with E-state index in [9.17, 15) is 9.50 Å². The minimum absolute atomic E-state index is 0.142. The fourth-order valence-electron chi connectivity index (χ4n) is 1.92. The zero-order chi connectivity index (χ0) is 13.4. The maximum absolute atomic E-state index is 13.5. The first-order valence-electron chi connectivity index (χ1n) is 5.63. The van der Waals surface area contributed by atoms with Crippen LogP contribution in [-0.2, 0) is 0 Å². The topological polar surface area (TPSA) is 46.3 Å². The second-order valence-corrected chi connectivity index (χ2v) is 4.93. The summed E-state index contributed by atoms with van der Waals surface area (Å²) in [5.74, 6) is -0.185. The average molecular weight is 322 g/mol. The molecule has 96 valence electrons. The van der Waals surface area contributed by atoms with Crippen molar-refractivity contribution in [2.24, 2.45) is 0 Å². The fraction of sp³-hybridized carbons (Fsp3) is 0.0714. The molecular formula is C14H9BrFNO2. The summed E-state index contributed by atoms with van der Waals surface area (Å²) in [4.78, 5) is 4.10. The van der Waals surface area contributed by atoms with Gasteiger partial charge in [-0.1, -0.05) is 12.1 Å². The molecule has 1 unspecified atom stereocenters. The Hall–Kier alpha value is -1.72. The third-order valence-corrected chi connectivity index (χ3v) is 3.50. The van der Waals surface area contributed by atoms with Crippen LogP contribution in [0.1, 0.15) is 17.6 Å². The van der Waals surface area contributed by atoms with Crippen LogP contribution in [0.15, 0.2) is 51.5 Å². The lowest BCUT2D eigenvalue weighted by Gasteiger charge is -2.08. The number of nitrogens with zero attached hydrogens (tertiary/aromatic N) is 1. The van der Waals surface area contributed by atoms with Gasteiger partial charge in [0.2, 0.25) is 0 Å². The summed E-state index contributed by atoms with van der Waals surface area (Å²) in [6.07, 6.45) is 0.536. The van der Waals surface area contributed by atoms with Crippen LogP contribution in [0.25, 0.3) is 11.0 Å². The summed E-state index contributed by atoms with van der Waals surface area (Å²) >= 11 is 3.31. The number of furan rings is 1. The number of pyridine rings is 1. The molecule has 1 atom stereocenters. The summed E-state index contributed by atoms with van der Waals surface area (Å²) in [6, 6.07) is 9.78. The molecule has 3 rings (SSSR count). The van der Waals surface area contributed by atoms with Gasteiger partial charge in [-0.2, -0.15) is 0 Å². The van der Waals surface area contributed by atoms with Gasteiger partial charge in [0.1, 0.15) is 5.76 Å². The Bertz CT molecular complexity index is 741. The summed E-state index contributed by atoms with van der Waals surface area (Å²) in [7, 11) is 0. The van der Waals surface area contributed by atoms with E-state index in [4.69, 9.17) is 4.42 Å². The number of benzene rings is 1. The average Bonchev–Trinajstić information content (AvgIpc) is 2.84. The Morgan fingerprint density at radius 1 is 1.26 bits per heavy atom. The van der Waals surface area contributed by atoms with Crippen LogP contribution in [0.3, 0.4) is 0 Å². The normalized spacial score (nSPS) is 12.8. The van der Waals surface area contributed by atoms with E-state index >= 15 is 0 Å². The molecule has 2 aromatic heterocycles. The van der Waals surface area contributed by atoms with Crippen LogP contribution >= 0.6 is 15.9 Å². The van der Waals surface area contributed by atoms with Gasteiger partial charge in [-0.3, -0.25) is 4.98 Å². The monoisotopic (exact) mass is 321 g/mol. The van der Waals surface area contributed by atoms with E-state index in [1.165, 1.54) is 6.07 Å². The van der Waals surface area contributed by atoms with Crippen molar-refractivity contribution in [1.82, 2.24) is 4.98 Å². The van der Waals surface area contributed by atoms with Crippen molar-refractivity contribution in [1.29, 1.82) is 0 Å². The zero-order valence-corrected chi connectivity index (χ0v) is 11.3. The first kappa shape index (κ1) is 12.3. The van der Waals surface area contributed by atoms with Crippen LogP contribution in [0.5, 0.6) is 0 Å². The summed E-state index contributed by atoms with van der Waals surface area (Å²) in [5.41, 5.74) is 0.575. The summed E-state index contributed by atoms with van der Waals surface area (Å²) in [6.45, 7) is 0. The van der Waals surface area contributed by atoms with Crippen LogP contribution < -0.4 is 0 Å². The third kappa shape index (κ3) is 2.15. The number of para-hydroxylation sites is 1. The van der Waals surface area contributed by atoms with Gasteiger partial charge in [-0.15, -0.1) is 0 Å². The van der Waals surface area contributed by atoms with E-state index in [0.717, 1.165) is 0 Å². The first-order chi connectivity index (χ1) is 9.16. The van der Waals surface area contributed by atoms with Crippen molar-refractivity contribution in [3.63, 3.8) is 0 Å². The largest absolute Gasteiger partial charge is 0.455 e. The van der Waals surface area contributed by atoms with Gasteiger partial charge in [0.25, 0.3) is 0 Å². The molecule has 1 N–H and O–H groups in total. The summed E-state index contributed by atoms with van der Waals surface area (Å²) < 4.78 is 19.6. The molecule has 0 saturated carbocycles. The zero-order valence-electron chi connectivity index (χ0n) is 9.68. The highest BCUT2D eigenvalue weighted by atomic mass is 79.9. The van der Waals surface area contributed by atoms with E-state index in [0.29, 0.717) is 15.6 Å². The minimum Gasteiger partial charge on any atom is -0.455 e. The van der Waals surface area contributed by atoms with Crippen LogP contribution in [0.4, 0.5) is 4.39 Å². The Labute approximate surface area is 116 Å². The number of hydrogen-bond donors (Lipinski definition) is 1. The second-order valence-electron chi connectivity index (χ2n) is 4.08. The van der Waals surface area contributed by atoms with Crippen LogP contribution in [-0.4, -0.2) is 10.1 Å². The van der Waals surface area contributed by atoms with Gasteiger partial charge >= 0.3 is 0 Å². The number of aromatic nitrogens is 1. The van der Waals surface area contributed by atoms with E-state index in [2.05, 4.69) is 20.9 Å². The van der Waals surface area contributed by atoms with Gasteiger partial charge < -0.3 is 9.52 Å². The smallest absolute Gasteiger partial charge is 0.170 e. The van der Waals surface area contributed by atoms with E-state index in [1.807, 2.05) is 0 Å². The molecule has 0 radical (unpaired) electrons. The highest BCUT2D eigenvalue weighted by Gasteiger charge is 2.20. The van der Waals surface area contributed by atoms with Crippen molar-refractivity contribution in [2.75, 3.05) is 0 Å². The standard InChI is InChI=1S/C14H9BrFNO2/c15-9-4-2-6-17-12(9)13(18)11-7-8-3-1-5-10(16)14(8)19-11/h1-7,13,18H. The van der Waals surface area contributed by atoms with Crippen molar-refractivity contribution >= 4 is 26.9 Å². The van der Waals surface area contributed by atoms with Gasteiger partial charge in [0, 0.05) is 16.1 Å². The third-order valence-electron chi connectivity index (χ3n) is 2.83. The minimum atomic E-state index is -1.04. The fourth-order valence-corrected chi connectivity index (χ4v) is 2.39. The molecule has 2 heterocycles. The molecule has 0 aliphatic heterocycles. The van der Waals surface area contributed by atoms with Crippen molar-refractivity contribution < 1.29 is 13.9 Å². The Kier molecular flexibility index (Phi) is 3.08. The number of hydrogen-bond acceptors (Lipinski definition) is 3. The molecule has 0 fully saturated rings. The summed E-state index contributed by atoms with van der Waals surface area (Å²) in [5, 5.41) is 10.9. The number of rotatable bonds is 2.